The zero-order chi connectivity index (χ0) is 21.9. The smallest absolute Gasteiger partial charge is 0.229 e. The van der Waals surface area contributed by atoms with E-state index in [1.165, 1.54) is 24.8 Å². The summed E-state index contributed by atoms with van der Waals surface area (Å²) in [6, 6.07) is 20.8. The molecule has 2 N–H and O–H groups in total. The number of anilines is 3. The van der Waals surface area contributed by atoms with Crippen LogP contribution in [0.1, 0.15) is 45.6 Å². The highest BCUT2D eigenvalue weighted by atomic mass is 16.5. The highest BCUT2D eigenvalue weighted by Crippen LogP contribution is 2.44. The number of nitrogens with one attached hydrogen (secondary N) is 2. The monoisotopic (exact) mass is 416 g/mol. The van der Waals surface area contributed by atoms with Gasteiger partial charge in [-0.15, -0.1) is 0 Å². The largest absolute Gasteiger partial charge is 0.384 e. The Kier molecular flexibility index (Phi) is 5.96. The Morgan fingerprint density at radius 2 is 1.68 bits per heavy atom. The molecule has 5 nitrogen and oxygen atoms in total. The van der Waals surface area contributed by atoms with Crippen molar-refractivity contribution in [1.82, 2.24) is 9.97 Å². The first kappa shape index (κ1) is 21.3. The topological polar surface area (TPSA) is 59.1 Å². The molecule has 31 heavy (non-hydrogen) atoms. The van der Waals surface area contributed by atoms with E-state index >= 15 is 0 Å². The van der Waals surface area contributed by atoms with Crippen LogP contribution in [0.2, 0.25) is 0 Å². The van der Waals surface area contributed by atoms with E-state index in [9.17, 15) is 0 Å². The summed E-state index contributed by atoms with van der Waals surface area (Å²) in [5, 5.41) is 6.86. The van der Waals surface area contributed by atoms with Gasteiger partial charge in [-0.2, -0.15) is 4.98 Å². The van der Waals surface area contributed by atoms with Crippen molar-refractivity contribution in [3.05, 3.63) is 66.2 Å². The molecule has 5 heteroatoms. The first-order valence-electron chi connectivity index (χ1n) is 11.0. The molecule has 0 unspecified atom stereocenters. The molecule has 4 rings (SSSR count). The number of ether oxygens (including phenoxy) is 1. The third-order valence-corrected chi connectivity index (χ3v) is 5.78. The fraction of sp³-hybridized carbons (Fsp3) is 0.385. The molecule has 1 aliphatic carbocycles. The van der Waals surface area contributed by atoms with Crippen molar-refractivity contribution < 1.29 is 4.74 Å². The van der Waals surface area contributed by atoms with Crippen molar-refractivity contribution in [2.75, 3.05) is 24.4 Å². The highest BCUT2D eigenvalue weighted by molar-refractivity contribution is 5.66. The summed E-state index contributed by atoms with van der Waals surface area (Å²) in [5.74, 6) is 1.38. The Morgan fingerprint density at radius 3 is 2.26 bits per heavy atom. The van der Waals surface area contributed by atoms with Gasteiger partial charge in [0.1, 0.15) is 5.82 Å². The van der Waals surface area contributed by atoms with Gasteiger partial charge in [0.05, 0.1) is 12.3 Å². The average Bonchev–Trinajstić information content (AvgIpc) is 2.71. The fourth-order valence-corrected chi connectivity index (χ4v) is 4.14. The molecule has 3 aromatic rings. The molecule has 0 amide bonds. The number of benzene rings is 2. The van der Waals surface area contributed by atoms with Gasteiger partial charge < -0.3 is 15.4 Å². The molecule has 0 saturated heterocycles. The van der Waals surface area contributed by atoms with Crippen molar-refractivity contribution in [2.24, 2.45) is 0 Å². The number of methoxy groups -OCH3 is 1. The van der Waals surface area contributed by atoms with Gasteiger partial charge >= 0.3 is 0 Å². The fourth-order valence-electron chi connectivity index (χ4n) is 4.14. The van der Waals surface area contributed by atoms with E-state index in [1.807, 2.05) is 24.3 Å². The van der Waals surface area contributed by atoms with Crippen LogP contribution in [0.15, 0.2) is 60.7 Å². The molecule has 0 bridgehead atoms. The van der Waals surface area contributed by atoms with Gasteiger partial charge in [0.25, 0.3) is 0 Å². The summed E-state index contributed by atoms with van der Waals surface area (Å²) < 4.78 is 5.49. The normalized spacial score (nSPS) is 15.2. The first-order valence-corrected chi connectivity index (χ1v) is 11.0. The van der Waals surface area contributed by atoms with Crippen LogP contribution in [0.4, 0.5) is 17.5 Å². The van der Waals surface area contributed by atoms with Crippen LogP contribution in [-0.2, 0) is 10.2 Å². The number of hydrogen-bond donors (Lipinski definition) is 2. The molecule has 2 aromatic carbocycles. The lowest BCUT2D eigenvalue weighted by molar-refractivity contribution is 0.0792. The second-order valence-corrected chi connectivity index (χ2v) is 9.47. The Labute approximate surface area is 185 Å². The van der Waals surface area contributed by atoms with E-state index in [4.69, 9.17) is 14.7 Å². The Morgan fingerprint density at radius 1 is 0.968 bits per heavy atom. The van der Waals surface area contributed by atoms with Gasteiger partial charge in [-0.05, 0) is 51.3 Å². The second-order valence-electron chi connectivity index (χ2n) is 9.47. The molecule has 0 atom stereocenters. The van der Waals surface area contributed by atoms with Crippen LogP contribution in [0, 0.1) is 0 Å². The van der Waals surface area contributed by atoms with Crippen LogP contribution in [-0.4, -0.2) is 29.2 Å². The number of nitrogens with zero attached hydrogens (tertiary/aromatic N) is 2. The summed E-state index contributed by atoms with van der Waals surface area (Å²) >= 11 is 0. The van der Waals surface area contributed by atoms with Crippen molar-refractivity contribution in [3.63, 3.8) is 0 Å². The van der Waals surface area contributed by atoms with E-state index < -0.39 is 0 Å². The first-order chi connectivity index (χ1) is 14.9. The molecule has 1 aliphatic rings. The Bertz CT molecular complexity index is 1010. The molecule has 0 spiro atoms. The summed E-state index contributed by atoms with van der Waals surface area (Å²) in [6.07, 6.45) is 3.66. The van der Waals surface area contributed by atoms with Crippen LogP contribution in [0.5, 0.6) is 0 Å². The van der Waals surface area contributed by atoms with Crippen molar-refractivity contribution >= 4 is 17.5 Å². The van der Waals surface area contributed by atoms with Crippen LogP contribution < -0.4 is 10.6 Å². The zero-order valence-electron chi connectivity index (χ0n) is 18.9. The van der Waals surface area contributed by atoms with Crippen molar-refractivity contribution in [2.45, 2.75) is 51.0 Å². The second kappa shape index (κ2) is 8.67. The van der Waals surface area contributed by atoms with Gasteiger partial charge in [0.2, 0.25) is 5.95 Å². The standard InChI is InChI=1S/C26H32N4O/c1-25(2,3)30-23-17-22(19-9-6-5-7-10-19)28-24(29-23)27-21-13-11-20(12-14-21)26(18-31-4)15-8-16-26/h5-7,9-14,17H,8,15-16,18H2,1-4H3,(H2,27,28,29,30). The van der Waals surface area contributed by atoms with E-state index in [2.05, 4.69) is 67.8 Å². The minimum atomic E-state index is -0.0975. The minimum Gasteiger partial charge on any atom is -0.384 e. The Balaban J connectivity index is 1.60. The molecule has 1 aromatic heterocycles. The van der Waals surface area contributed by atoms with Gasteiger partial charge in [-0.25, -0.2) is 4.98 Å². The average molecular weight is 417 g/mol. The summed E-state index contributed by atoms with van der Waals surface area (Å²) in [7, 11) is 1.79. The third kappa shape index (κ3) is 5.05. The zero-order valence-corrected chi connectivity index (χ0v) is 18.9. The lowest BCUT2D eigenvalue weighted by Gasteiger charge is -2.42. The van der Waals surface area contributed by atoms with Crippen LogP contribution in [0.25, 0.3) is 11.3 Å². The predicted molar refractivity (Wildman–Crippen MR) is 128 cm³/mol. The molecule has 162 valence electrons. The van der Waals surface area contributed by atoms with E-state index in [0.29, 0.717) is 5.95 Å². The molecular formula is C26H32N4O. The number of rotatable bonds is 7. The number of aromatic nitrogens is 2. The Hall–Kier alpha value is -2.92. The van der Waals surface area contributed by atoms with Gasteiger partial charge in [0, 0.05) is 35.4 Å². The molecule has 1 heterocycles. The van der Waals surface area contributed by atoms with E-state index in [-0.39, 0.29) is 11.0 Å². The molecule has 0 radical (unpaired) electrons. The predicted octanol–water partition coefficient (Wildman–Crippen LogP) is 6.17. The number of hydrogen-bond acceptors (Lipinski definition) is 5. The lowest BCUT2D eigenvalue weighted by Crippen LogP contribution is -2.38. The van der Waals surface area contributed by atoms with Gasteiger partial charge in [-0.1, -0.05) is 48.9 Å². The lowest BCUT2D eigenvalue weighted by atomic mass is 9.65. The van der Waals surface area contributed by atoms with Crippen molar-refractivity contribution in [1.29, 1.82) is 0 Å². The van der Waals surface area contributed by atoms with Crippen LogP contribution >= 0.6 is 0 Å². The minimum absolute atomic E-state index is 0.0975. The van der Waals surface area contributed by atoms with Gasteiger partial charge in [-0.3, -0.25) is 0 Å². The highest BCUT2D eigenvalue weighted by Gasteiger charge is 2.38. The maximum absolute atomic E-state index is 5.49. The summed E-state index contributed by atoms with van der Waals surface area (Å²) in [4.78, 5) is 9.49. The summed E-state index contributed by atoms with van der Waals surface area (Å²) in [5.41, 5.74) is 4.35. The van der Waals surface area contributed by atoms with Gasteiger partial charge in [0.15, 0.2) is 0 Å². The van der Waals surface area contributed by atoms with Crippen molar-refractivity contribution in [3.8, 4) is 11.3 Å². The molecule has 0 aliphatic heterocycles. The maximum Gasteiger partial charge on any atom is 0.229 e. The SMILES string of the molecule is COCC1(c2ccc(Nc3nc(NC(C)(C)C)cc(-c4ccccc4)n3)cc2)CCC1. The molecule has 1 saturated carbocycles. The third-order valence-electron chi connectivity index (χ3n) is 5.78. The molecular weight excluding hydrogens is 384 g/mol. The quantitative estimate of drug-likeness (QED) is 0.483. The van der Waals surface area contributed by atoms with E-state index in [1.54, 1.807) is 7.11 Å². The molecule has 1 fully saturated rings. The summed E-state index contributed by atoms with van der Waals surface area (Å²) in [6.45, 7) is 7.15. The van der Waals surface area contributed by atoms with Crippen LogP contribution in [0.3, 0.4) is 0 Å². The maximum atomic E-state index is 5.49. The van der Waals surface area contributed by atoms with E-state index in [0.717, 1.165) is 29.4 Å².